The van der Waals surface area contributed by atoms with Crippen LogP contribution >= 0.6 is 0 Å². The third-order valence-corrected chi connectivity index (χ3v) is 13.1. The van der Waals surface area contributed by atoms with Crippen LogP contribution in [-0.4, -0.2) is 37.2 Å². The molecule has 0 saturated heterocycles. The fourth-order valence-corrected chi connectivity index (χ4v) is 8.52. The molecule has 0 aromatic carbocycles. The van der Waals surface area contributed by atoms with Gasteiger partial charge in [0.2, 0.25) is 0 Å². The summed E-state index contributed by atoms with van der Waals surface area (Å²) in [6.07, 6.45) is 81.3. The van der Waals surface area contributed by atoms with Crippen molar-refractivity contribution in [2.75, 3.05) is 13.2 Å². The summed E-state index contributed by atoms with van der Waals surface area (Å²) in [4.78, 5) is 38.1. The van der Waals surface area contributed by atoms with Crippen LogP contribution in [0, 0.1) is 0 Å². The first-order valence-corrected chi connectivity index (χ1v) is 30.7. The Morgan fingerprint density at radius 3 is 0.836 bits per heavy atom. The maximum Gasteiger partial charge on any atom is 0.306 e. The van der Waals surface area contributed by atoms with Gasteiger partial charge in [0, 0.05) is 19.3 Å². The summed E-state index contributed by atoms with van der Waals surface area (Å²) in [5, 5.41) is 0. The van der Waals surface area contributed by atoms with Gasteiger partial charge in [0.25, 0.3) is 0 Å². The fraction of sp³-hybridized carbons (Fsp3) is 0.716. The minimum Gasteiger partial charge on any atom is -0.462 e. The SMILES string of the molecule is CC/C=C\C/C=C\C/C=C\C/C=C\C/C=C\C/C=C\C/C=C\C/C=C\CCCCCCCCCCC(=O)OCC(COC(=O)CCCCCCCCCCCCC)OC(=O)CCCCCCCCCCCCC. The second kappa shape index (κ2) is 60.9. The number of ether oxygens (including phenoxy) is 3. The summed E-state index contributed by atoms with van der Waals surface area (Å²) in [5.74, 6) is -0.878. The predicted octanol–water partition coefficient (Wildman–Crippen LogP) is 20.9. The van der Waals surface area contributed by atoms with Crippen LogP contribution in [0.3, 0.4) is 0 Å². The minimum atomic E-state index is -0.776. The highest BCUT2D eigenvalue weighted by Gasteiger charge is 2.19. The number of rotatable bonds is 55. The molecule has 0 N–H and O–H groups in total. The number of hydrogen-bond donors (Lipinski definition) is 0. The number of hydrogen-bond acceptors (Lipinski definition) is 6. The Morgan fingerprint density at radius 2 is 0.534 bits per heavy atom. The van der Waals surface area contributed by atoms with E-state index in [1.807, 2.05) is 0 Å². The van der Waals surface area contributed by atoms with E-state index in [0.717, 1.165) is 116 Å². The number of esters is 3. The van der Waals surface area contributed by atoms with Gasteiger partial charge in [0.1, 0.15) is 13.2 Å². The van der Waals surface area contributed by atoms with Gasteiger partial charge in [-0.05, 0) is 83.5 Å². The largest absolute Gasteiger partial charge is 0.462 e. The van der Waals surface area contributed by atoms with Crippen LogP contribution in [0.2, 0.25) is 0 Å². The molecule has 6 nitrogen and oxygen atoms in total. The standard InChI is InChI=1S/C67H114O6/c1-4-7-10-13-16-19-22-23-24-25-26-27-28-29-30-31-32-33-34-35-36-37-38-39-40-41-42-43-46-48-51-54-57-60-66(69)72-63-64(73-67(70)61-58-55-52-49-45-21-18-15-12-9-6-3)62-71-65(68)59-56-53-50-47-44-20-17-14-11-8-5-2/h7,10,16,19,23-24,26-27,29-30,32-33,35-36,38-39,64H,4-6,8-9,11-15,17-18,20-22,25,28,31,34,37,40-63H2,1-3H3/b10-7-,19-16-,24-23-,27-26-,30-29-,33-32-,36-35-,39-38-. The van der Waals surface area contributed by atoms with Crippen LogP contribution in [-0.2, 0) is 28.6 Å². The van der Waals surface area contributed by atoms with Crippen LogP contribution in [0.5, 0.6) is 0 Å². The monoisotopic (exact) mass is 1010 g/mol. The van der Waals surface area contributed by atoms with E-state index in [9.17, 15) is 14.4 Å². The number of carbonyl (C=O) groups is 3. The Morgan fingerprint density at radius 1 is 0.288 bits per heavy atom. The Balaban J connectivity index is 4.16. The van der Waals surface area contributed by atoms with Gasteiger partial charge in [-0.15, -0.1) is 0 Å². The molecule has 1 unspecified atom stereocenters. The summed E-state index contributed by atoms with van der Waals surface area (Å²) in [7, 11) is 0. The summed E-state index contributed by atoms with van der Waals surface area (Å²) in [6.45, 7) is 6.52. The third kappa shape index (κ3) is 59.1. The van der Waals surface area contributed by atoms with E-state index in [4.69, 9.17) is 14.2 Å². The molecule has 6 heteroatoms. The molecule has 0 aliphatic heterocycles. The van der Waals surface area contributed by atoms with E-state index in [1.165, 1.54) is 135 Å². The van der Waals surface area contributed by atoms with Gasteiger partial charge in [-0.3, -0.25) is 14.4 Å². The molecule has 418 valence electrons. The van der Waals surface area contributed by atoms with Gasteiger partial charge in [0.15, 0.2) is 6.10 Å². The number of unbranched alkanes of at least 4 members (excludes halogenated alkanes) is 28. The summed E-state index contributed by atoms with van der Waals surface area (Å²) < 4.78 is 16.8. The van der Waals surface area contributed by atoms with Gasteiger partial charge < -0.3 is 14.2 Å². The Kier molecular flexibility index (Phi) is 57.8. The fourth-order valence-electron chi connectivity index (χ4n) is 8.52. The van der Waals surface area contributed by atoms with Crippen molar-refractivity contribution in [2.45, 2.75) is 297 Å². The molecule has 0 aliphatic carbocycles. The van der Waals surface area contributed by atoms with Gasteiger partial charge in [-0.25, -0.2) is 0 Å². The summed E-state index contributed by atoms with van der Waals surface area (Å²) in [6, 6.07) is 0. The first-order chi connectivity index (χ1) is 36.0. The maximum absolute atomic E-state index is 12.8. The highest BCUT2D eigenvalue weighted by molar-refractivity contribution is 5.71. The van der Waals surface area contributed by atoms with Gasteiger partial charge in [-0.1, -0.05) is 285 Å². The number of allylic oxidation sites excluding steroid dienone is 16. The van der Waals surface area contributed by atoms with Crippen molar-refractivity contribution in [3.8, 4) is 0 Å². The van der Waals surface area contributed by atoms with E-state index in [-0.39, 0.29) is 31.1 Å². The van der Waals surface area contributed by atoms with Crippen molar-refractivity contribution >= 4 is 17.9 Å². The van der Waals surface area contributed by atoms with E-state index in [1.54, 1.807) is 0 Å². The van der Waals surface area contributed by atoms with Gasteiger partial charge >= 0.3 is 17.9 Å². The quantitative estimate of drug-likeness (QED) is 0.0261. The smallest absolute Gasteiger partial charge is 0.306 e. The van der Waals surface area contributed by atoms with Crippen molar-refractivity contribution in [1.29, 1.82) is 0 Å². The van der Waals surface area contributed by atoms with Crippen molar-refractivity contribution < 1.29 is 28.6 Å². The van der Waals surface area contributed by atoms with Crippen LogP contribution < -0.4 is 0 Å². The lowest BCUT2D eigenvalue weighted by Gasteiger charge is -2.18. The number of carbonyl (C=O) groups excluding carboxylic acids is 3. The minimum absolute atomic E-state index is 0.0753. The van der Waals surface area contributed by atoms with Gasteiger partial charge in [0.05, 0.1) is 0 Å². The van der Waals surface area contributed by atoms with E-state index >= 15 is 0 Å². The Labute approximate surface area is 451 Å². The average molecular weight is 1020 g/mol. The molecule has 1 atom stereocenters. The predicted molar refractivity (Wildman–Crippen MR) is 316 cm³/mol. The van der Waals surface area contributed by atoms with Crippen LogP contribution in [0.15, 0.2) is 97.2 Å². The van der Waals surface area contributed by atoms with Gasteiger partial charge in [-0.2, -0.15) is 0 Å². The molecule has 0 bridgehead atoms. The molecule has 0 saturated carbocycles. The Bertz CT molecular complexity index is 1440. The molecule has 0 aromatic rings. The van der Waals surface area contributed by atoms with Crippen molar-refractivity contribution in [2.24, 2.45) is 0 Å². The molecular formula is C67H114O6. The Hall–Kier alpha value is -3.67. The molecular weight excluding hydrogens is 901 g/mol. The molecule has 0 heterocycles. The lowest BCUT2D eigenvalue weighted by atomic mass is 10.1. The summed E-state index contributed by atoms with van der Waals surface area (Å²) >= 11 is 0. The zero-order chi connectivity index (χ0) is 52.9. The van der Waals surface area contributed by atoms with Crippen molar-refractivity contribution in [1.82, 2.24) is 0 Å². The molecule has 73 heavy (non-hydrogen) atoms. The zero-order valence-corrected chi connectivity index (χ0v) is 47.9. The second-order valence-corrected chi connectivity index (χ2v) is 20.2. The highest BCUT2D eigenvalue weighted by Crippen LogP contribution is 2.16. The molecule has 0 aromatic heterocycles. The molecule has 0 spiro atoms. The molecule has 0 rings (SSSR count). The van der Waals surface area contributed by atoms with Crippen LogP contribution in [0.4, 0.5) is 0 Å². The topological polar surface area (TPSA) is 78.9 Å². The molecule has 0 radical (unpaired) electrons. The summed E-state index contributed by atoms with van der Waals surface area (Å²) in [5.41, 5.74) is 0. The van der Waals surface area contributed by atoms with Crippen LogP contribution in [0.1, 0.15) is 290 Å². The van der Waals surface area contributed by atoms with E-state index in [0.29, 0.717) is 19.3 Å². The van der Waals surface area contributed by atoms with E-state index < -0.39 is 6.10 Å². The first kappa shape index (κ1) is 69.3. The third-order valence-electron chi connectivity index (χ3n) is 13.1. The van der Waals surface area contributed by atoms with Crippen LogP contribution in [0.25, 0.3) is 0 Å². The lowest BCUT2D eigenvalue weighted by Crippen LogP contribution is -2.30. The highest BCUT2D eigenvalue weighted by atomic mass is 16.6. The first-order valence-electron chi connectivity index (χ1n) is 30.7. The van der Waals surface area contributed by atoms with Crippen molar-refractivity contribution in [3.05, 3.63) is 97.2 Å². The maximum atomic E-state index is 12.8. The molecule has 0 fully saturated rings. The second-order valence-electron chi connectivity index (χ2n) is 20.2. The van der Waals surface area contributed by atoms with Crippen molar-refractivity contribution in [3.63, 3.8) is 0 Å². The normalized spacial score (nSPS) is 12.8. The molecule has 0 amide bonds. The average Bonchev–Trinajstić information content (AvgIpc) is 3.39. The van der Waals surface area contributed by atoms with E-state index in [2.05, 4.69) is 118 Å². The zero-order valence-electron chi connectivity index (χ0n) is 47.9. The molecule has 0 aliphatic rings. The lowest BCUT2D eigenvalue weighted by molar-refractivity contribution is -0.167.